The van der Waals surface area contributed by atoms with Crippen LogP contribution in [-0.2, 0) is 4.79 Å². The molecule has 3 N–H and O–H groups in total. The lowest BCUT2D eigenvalue weighted by atomic mass is 10.0. The molecule has 0 spiro atoms. The average molecular weight is 217 g/mol. The highest BCUT2D eigenvalue weighted by Crippen LogP contribution is 2.22. The molecule has 0 bridgehead atoms. The van der Waals surface area contributed by atoms with Crippen molar-refractivity contribution in [1.82, 2.24) is 9.97 Å². The van der Waals surface area contributed by atoms with Crippen LogP contribution in [0.3, 0.4) is 0 Å². The maximum Gasteiger partial charge on any atom is 0.337 e. The van der Waals surface area contributed by atoms with Gasteiger partial charge in [0, 0.05) is 5.56 Å². The van der Waals surface area contributed by atoms with Gasteiger partial charge in [-0.25, -0.2) is 9.78 Å². The molecule has 1 atom stereocenters. The van der Waals surface area contributed by atoms with E-state index < -0.39 is 12.1 Å². The third-order valence-electron chi connectivity index (χ3n) is 2.24. The molecule has 1 unspecified atom stereocenters. The number of aromatic nitrogens is 2. The molecule has 6 nitrogen and oxygen atoms in total. The quantitative estimate of drug-likeness (QED) is 0.680. The van der Waals surface area contributed by atoms with Gasteiger partial charge in [0.05, 0.1) is 29.0 Å². The molecular weight excluding hydrogens is 210 g/mol. The Morgan fingerprint density at radius 2 is 2.31 bits per heavy atom. The van der Waals surface area contributed by atoms with Gasteiger partial charge >= 0.3 is 5.97 Å². The maximum atomic E-state index is 10.7. The number of aliphatic hydroxyl groups is 1. The van der Waals surface area contributed by atoms with Crippen LogP contribution < -0.4 is 0 Å². The van der Waals surface area contributed by atoms with Gasteiger partial charge < -0.3 is 15.2 Å². The molecule has 0 saturated heterocycles. The molecule has 0 aliphatic rings. The van der Waals surface area contributed by atoms with Crippen LogP contribution in [0.2, 0.25) is 0 Å². The first-order chi connectivity index (χ1) is 7.63. The third kappa shape index (κ3) is 1.49. The fourth-order valence-corrected chi connectivity index (χ4v) is 1.45. The van der Waals surface area contributed by atoms with Crippen molar-refractivity contribution in [3.05, 3.63) is 29.6 Å². The van der Waals surface area contributed by atoms with E-state index >= 15 is 0 Å². The number of rotatable bonds is 2. The van der Waals surface area contributed by atoms with Gasteiger partial charge in [0.1, 0.15) is 0 Å². The minimum atomic E-state index is -1.71. The Labute approximate surface area is 89.8 Å². The molecule has 1 aromatic carbocycles. The minimum Gasteiger partial charge on any atom is -0.479 e. The van der Waals surface area contributed by atoms with E-state index in [1.54, 1.807) is 0 Å². The van der Waals surface area contributed by atoms with Crippen LogP contribution in [-0.4, -0.2) is 26.2 Å². The van der Waals surface area contributed by atoms with Crippen molar-refractivity contribution in [3.63, 3.8) is 0 Å². The zero-order chi connectivity index (χ0) is 11.7. The number of aromatic amines is 1. The largest absolute Gasteiger partial charge is 0.479 e. The summed E-state index contributed by atoms with van der Waals surface area (Å²) in [5.74, 6) is -1.39. The summed E-state index contributed by atoms with van der Waals surface area (Å²) < 4.78 is 0. The van der Waals surface area contributed by atoms with Crippen molar-refractivity contribution in [2.45, 2.75) is 6.10 Å². The summed E-state index contributed by atoms with van der Waals surface area (Å²) >= 11 is 0. The molecule has 2 rings (SSSR count). The number of imidazole rings is 1. The number of nitrogens with one attached hydrogen (secondary N) is 1. The van der Waals surface area contributed by atoms with Crippen molar-refractivity contribution < 1.29 is 15.0 Å². The Hall–Kier alpha value is -2.39. The van der Waals surface area contributed by atoms with Crippen LogP contribution in [0.1, 0.15) is 17.2 Å². The molecule has 0 aliphatic heterocycles. The summed E-state index contributed by atoms with van der Waals surface area (Å²) in [6, 6.07) is 4.69. The molecule has 0 fully saturated rings. The Balaban J connectivity index is 2.67. The number of carboxylic acid groups (broad SMARTS) is 1. The van der Waals surface area contributed by atoms with Crippen LogP contribution in [0.25, 0.3) is 11.0 Å². The third-order valence-corrected chi connectivity index (χ3v) is 2.24. The molecule has 0 radical (unpaired) electrons. The molecule has 80 valence electrons. The van der Waals surface area contributed by atoms with E-state index in [2.05, 4.69) is 9.97 Å². The lowest BCUT2D eigenvalue weighted by Crippen LogP contribution is -2.12. The number of H-pyrrole nitrogens is 1. The van der Waals surface area contributed by atoms with Crippen LogP contribution in [0.5, 0.6) is 0 Å². The number of fused-ring (bicyclic) bond motifs is 1. The summed E-state index contributed by atoms with van der Waals surface area (Å²) in [7, 11) is 0. The van der Waals surface area contributed by atoms with Crippen molar-refractivity contribution in [1.29, 1.82) is 5.26 Å². The number of carboxylic acids is 1. The van der Waals surface area contributed by atoms with Crippen molar-refractivity contribution in [3.8, 4) is 6.07 Å². The van der Waals surface area contributed by atoms with Crippen LogP contribution in [0, 0.1) is 11.3 Å². The Bertz CT molecular complexity index is 597. The van der Waals surface area contributed by atoms with Crippen LogP contribution in [0.15, 0.2) is 18.5 Å². The highest BCUT2D eigenvalue weighted by molar-refractivity contribution is 5.82. The van der Waals surface area contributed by atoms with Crippen molar-refractivity contribution in [2.24, 2.45) is 0 Å². The van der Waals surface area contributed by atoms with Gasteiger partial charge in [-0.15, -0.1) is 0 Å². The van der Waals surface area contributed by atoms with Crippen molar-refractivity contribution in [2.75, 3.05) is 0 Å². The Morgan fingerprint density at radius 3 is 2.94 bits per heavy atom. The molecule has 0 saturated carbocycles. The Morgan fingerprint density at radius 1 is 1.56 bits per heavy atom. The van der Waals surface area contributed by atoms with E-state index in [0.29, 0.717) is 11.0 Å². The first kappa shape index (κ1) is 10.1. The first-order valence-corrected chi connectivity index (χ1v) is 4.41. The average Bonchev–Trinajstić information content (AvgIpc) is 2.72. The van der Waals surface area contributed by atoms with Gasteiger partial charge in [-0.05, 0) is 12.1 Å². The molecule has 0 aliphatic carbocycles. The summed E-state index contributed by atoms with van der Waals surface area (Å²) in [5, 5.41) is 27.0. The number of nitrogens with zero attached hydrogens (tertiary/aromatic N) is 2. The summed E-state index contributed by atoms with van der Waals surface area (Å²) in [6.45, 7) is 0. The lowest BCUT2D eigenvalue weighted by molar-refractivity contribution is -0.146. The second-order valence-electron chi connectivity index (χ2n) is 3.21. The van der Waals surface area contributed by atoms with E-state index in [-0.39, 0.29) is 11.1 Å². The topological polar surface area (TPSA) is 110 Å². The summed E-state index contributed by atoms with van der Waals surface area (Å²) in [6.07, 6.45) is -0.273. The van der Waals surface area contributed by atoms with Gasteiger partial charge in [-0.1, -0.05) is 0 Å². The highest BCUT2D eigenvalue weighted by atomic mass is 16.4. The predicted octanol–water partition coefficient (Wildman–Crippen LogP) is 0.553. The molecule has 1 aromatic heterocycles. The first-order valence-electron chi connectivity index (χ1n) is 4.41. The number of hydrogen-bond acceptors (Lipinski definition) is 4. The van der Waals surface area contributed by atoms with Crippen molar-refractivity contribution >= 4 is 17.0 Å². The van der Waals surface area contributed by atoms with E-state index in [1.165, 1.54) is 18.5 Å². The second-order valence-corrected chi connectivity index (χ2v) is 3.21. The summed E-state index contributed by atoms with van der Waals surface area (Å²) in [4.78, 5) is 17.4. The number of aliphatic carboxylic acids is 1. The standard InChI is InChI=1S/C10H7N3O3/c11-3-5-1-7-8(13-4-12-7)2-6(5)9(14)10(15)16/h1-2,4,9,14H,(H,12,13)(H,15,16). The van der Waals surface area contributed by atoms with Gasteiger partial charge in [-0.2, -0.15) is 5.26 Å². The summed E-state index contributed by atoms with van der Waals surface area (Å²) in [5.41, 5.74) is 1.30. The molecule has 16 heavy (non-hydrogen) atoms. The van der Waals surface area contributed by atoms with E-state index in [4.69, 9.17) is 10.4 Å². The smallest absolute Gasteiger partial charge is 0.337 e. The van der Waals surface area contributed by atoms with Gasteiger partial charge in [0.2, 0.25) is 0 Å². The van der Waals surface area contributed by atoms with E-state index in [0.717, 1.165) is 0 Å². The number of carbonyl (C=O) groups is 1. The fourth-order valence-electron chi connectivity index (χ4n) is 1.45. The molecular formula is C10H7N3O3. The number of nitriles is 1. The van der Waals surface area contributed by atoms with Gasteiger partial charge in [0.25, 0.3) is 0 Å². The number of hydrogen-bond donors (Lipinski definition) is 3. The van der Waals surface area contributed by atoms with Gasteiger partial charge in [0.15, 0.2) is 6.10 Å². The second kappa shape index (κ2) is 3.64. The minimum absolute atomic E-state index is 0.0618. The molecule has 6 heteroatoms. The Kier molecular flexibility index (Phi) is 2.31. The maximum absolute atomic E-state index is 10.7. The fraction of sp³-hybridized carbons (Fsp3) is 0.100. The SMILES string of the molecule is N#Cc1cc2nc[nH]c2cc1C(O)C(=O)O. The number of aliphatic hydroxyl groups excluding tert-OH is 1. The zero-order valence-electron chi connectivity index (χ0n) is 8.01. The highest BCUT2D eigenvalue weighted by Gasteiger charge is 2.20. The lowest BCUT2D eigenvalue weighted by Gasteiger charge is -2.07. The van der Waals surface area contributed by atoms with E-state index in [9.17, 15) is 9.90 Å². The molecule has 0 amide bonds. The van der Waals surface area contributed by atoms with Crippen LogP contribution in [0.4, 0.5) is 0 Å². The van der Waals surface area contributed by atoms with E-state index in [1.807, 2.05) is 6.07 Å². The monoisotopic (exact) mass is 217 g/mol. The normalized spacial score (nSPS) is 12.2. The zero-order valence-corrected chi connectivity index (χ0v) is 8.01. The predicted molar refractivity (Wildman–Crippen MR) is 53.4 cm³/mol. The number of benzene rings is 1. The molecule has 2 aromatic rings. The van der Waals surface area contributed by atoms with Gasteiger partial charge in [-0.3, -0.25) is 0 Å². The molecule has 1 heterocycles. The van der Waals surface area contributed by atoms with Crippen LogP contribution >= 0.6 is 0 Å².